The van der Waals surface area contributed by atoms with Gasteiger partial charge in [-0.25, -0.2) is 0 Å². The predicted octanol–water partition coefficient (Wildman–Crippen LogP) is 1.94. The summed E-state index contributed by atoms with van der Waals surface area (Å²) in [6.45, 7) is 5.42. The molecule has 0 aliphatic carbocycles. The van der Waals surface area contributed by atoms with Gasteiger partial charge in [0.2, 0.25) is 5.89 Å². The summed E-state index contributed by atoms with van der Waals surface area (Å²) in [6.07, 6.45) is 2.57. The van der Waals surface area contributed by atoms with Gasteiger partial charge in [-0.1, -0.05) is 11.2 Å². The third kappa shape index (κ3) is 4.33. The number of thiophene rings is 1. The van der Waals surface area contributed by atoms with Crippen molar-refractivity contribution in [2.24, 2.45) is 4.99 Å². The van der Waals surface area contributed by atoms with Gasteiger partial charge in [-0.2, -0.15) is 4.98 Å². The van der Waals surface area contributed by atoms with Crippen molar-refractivity contribution in [2.75, 3.05) is 26.7 Å². The maximum Gasteiger partial charge on any atom is 0.246 e. The van der Waals surface area contributed by atoms with Gasteiger partial charge >= 0.3 is 0 Å². The van der Waals surface area contributed by atoms with Crippen LogP contribution in [0, 0.1) is 6.92 Å². The van der Waals surface area contributed by atoms with Crippen LogP contribution < -0.4 is 10.6 Å². The second-order valence-corrected chi connectivity index (χ2v) is 6.80. The number of nitrogens with one attached hydrogen (secondary N) is 2. The Morgan fingerprint density at radius 2 is 2.25 bits per heavy atom. The molecule has 1 saturated heterocycles. The highest BCUT2D eigenvalue weighted by atomic mass is 32.1. The molecule has 24 heavy (non-hydrogen) atoms. The molecule has 0 amide bonds. The molecule has 0 aromatic carbocycles. The van der Waals surface area contributed by atoms with Crippen LogP contribution in [0.15, 0.2) is 27.0 Å². The van der Waals surface area contributed by atoms with Gasteiger partial charge in [-0.15, -0.1) is 11.3 Å². The predicted molar refractivity (Wildman–Crippen MR) is 95.1 cm³/mol. The summed E-state index contributed by atoms with van der Waals surface area (Å²) in [5, 5.41) is 12.6. The summed E-state index contributed by atoms with van der Waals surface area (Å²) >= 11 is 1.81. The quantitative estimate of drug-likeness (QED) is 0.614. The van der Waals surface area contributed by atoms with Crippen molar-refractivity contribution in [3.05, 3.63) is 34.1 Å². The Balaban J connectivity index is 1.56. The van der Waals surface area contributed by atoms with Gasteiger partial charge < -0.3 is 15.2 Å². The summed E-state index contributed by atoms with van der Waals surface area (Å²) in [4.78, 5) is 12.4. The zero-order chi connectivity index (χ0) is 16.8. The Labute approximate surface area is 146 Å². The highest BCUT2D eigenvalue weighted by Crippen LogP contribution is 2.27. The third-order valence-electron chi connectivity index (χ3n) is 4.12. The molecule has 0 saturated carbocycles. The maximum absolute atomic E-state index is 5.11. The minimum absolute atomic E-state index is 0.386. The largest absolute Gasteiger partial charge is 0.354 e. The van der Waals surface area contributed by atoms with Crippen LogP contribution >= 0.6 is 11.3 Å². The van der Waals surface area contributed by atoms with Crippen LogP contribution in [0.25, 0.3) is 0 Å². The lowest BCUT2D eigenvalue weighted by molar-refractivity contribution is 0.249. The summed E-state index contributed by atoms with van der Waals surface area (Å²) in [6, 6.07) is 4.72. The number of likely N-dealkylation sites (tertiary alicyclic amines) is 1. The minimum atomic E-state index is 0.386. The first kappa shape index (κ1) is 16.9. The average molecular weight is 348 g/mol. The van der Waals surface area contributed by atoms with E-state index in [9.17, 15) is 0 Å². The topological polar surface area (TPSA) is 78.6 Å². The van der Waals surface area contributed by atoms with E-state index in [-0.39, 0.29) is 0 Å². The average Bonchev–Trinajstić information content (AvgIpc) is 3.33. The summed E-state index contributed by atoms with van der Waals surface area (Å²) in [7, 11) is 1.77. The number of aliphatic imine (C=N–C) groups is 1. The smallest absolute Gasteiger partial charge is 0.246 e. The van der Waals surface area contributed by atoms with Crippen LogP contribution in [0.2, 0.25) is 0 Å². The number of aromatic nitrogens is 2. The molecular formula is C16H24N6OS. The number of nitrogens with zero attached hydrogens (tertiary/aromatic N) is 4. The number of guanidine groups is 1. The van der Waals surface area contributed by atoms with E-state index < -0.39 is 0 Å². The van der Waals surface area contributed by atoms with Crippen LogP contribution in [-0.4, -0.2) is 47.7 Å². The molecule has 130 valence electrons. The van der Waals surface area contributed by atoms with E-state index in [1.54, 1.807) is 7.05 Å². The molecule has 3 rings (SSSR count). The normalized spacial score (nSPS) is 17.2. The van der Waals surface area contributed by atoms with E-state index in [4.69, 9.17) is 4.52 Å². The fourth-order valence-electron chi connectivity index (χ4n) is 2.93. The Bertz CT molecular complexity index is 647. The van der Waals surface area contributed by atoms with E-state index >= 15 is 0 Å². The van der Waals surface area contributed by atoms with Crippen LogP contribution in [0.3, 0.4) is 0 Å². The molecule has 1 aliphatic rings. The van der Waals surface area contributed by atoms with E-state index in [1.165, 1.54) is 17.7 Å². The second kappa shape index (κ2) is 8.25. The molecule has 1 aliphatic heterocycles. The molecule has 2 aromatic heterocycles. The molecule has 3 heterocycles. The lowest BCUT2D eigenvalue weighted by atomic mass is 10.2. The molecule has 0 spiro atoms. The molecule has 2 aromatic rings. The zero-order valence-corrected chi connectivity index (χ0v) is 15.0. The standard InChI is InChI=1S/C16H24N6OS/c1-12-20-15(23-21-12)11-19-16(17-2)18-10-13(14-6-5-9-24-14)22-7-3-4-8-22/h5-6,9,13H,3-4,7-8,10-11H2,1-2H3,(H2,17,18,19). The highest BCUT2D eigenvalue weighted by Gasteiger charge is 2.24. The van der Waals surface area contributed by atoms with Gasteiger partial charge in [-0.3, -0.25) is 9.89 Å². The molecule has 7 nitrogen and oxygen atoms in total. The van der Waals surface area contributed by atoms with Gasteiger partial charge in [0, 0.05) is 18.5 Å². The lowest BCUT2D eigenvalue weighted by Gasteiger charge is -2.27. The van der Waals surface area contributed by atoms with Crippen molar-refractivity contribution >= 4 is 17.3 Å². The van der Waals surface area contributed by atoms with Crippen LogP contribution in [-0.2, 0) is 6.54 Å². The second-order valence-electron chi connectivity index (χ2n) is 5.82. The van der Waals surface area contributed by atoms with Crippen molar-refractivity contribution in [1.29, 1.82) is 0 Å². The fourth-order valence-corrected chi connectivity index (χ4v) is 3.79. The van der Waals surface area contributed by atoms with Crippen LogP contribution in [0.4, 0.5) is 0 Å². The Kier molecular flexibility index (Phi) is 5.81. The SMILES string of the molecule is CN=C(NCc1nc(C)no1)NCC(c1cccs1)N1CCCC1. The Morgan fingerprint density at radius 1 is 1.42 bits per heavy atom. The number of hydrogen-bond acceptors (Lipinski definition) is 6. The molecule has 2 N–H and O–H groups in total. The van der Waals surface area contributed by atoms with Crippen molar-refractivity contribution in [2.45, 2.75) is 32.4 Å². The molecule has 1 unspecified atom stereocenters. The first-order valence-corrected chi connectivity index (χ1v) is 9.15. The van der Waals surface area contributed by atoms with Crippen molar-refractivity contribution in [3.8, 4) is 0 Å². The first-order chi connectivity index (χ1) is 11.8. The summed E-state index contributed by atoms with van der Waals surface area (Å²) < 4.78 is 5.11. The summed E-state index contributed by atoms with van der Waals surface area (Å²) in [5.41, 5.74) is 0. The molecule has 0 radical (unpaired) electrons. The van der Waals surface area contributed by atoms with Crippen molar-refractivity contribution < 1.29 is 4.52 Å². The number of hydrogen-bond donors (Lipinski definition) is 2. The van der Waals surface area contributed by atoms with Gasteiger partial charge in [0.25, 0.3) is 0 Å². The molecule has 1 atom stereocenters. The van der Waals surface area contributed by atoms with E-state index in [0.717, 1.165) is 25.6 Å². The first-order valence-electron chi connectivity index (χ1n) is 8.27. The lowest BCUT2D eigenvalue weighted by Crippen LogP contribution is -2.42. The minimum Gasteiger partial charge on any atom is -0.354 e. The number of rotatable bonds is 6. The zero-order valence-electron chi connectivity index (χ0n) is 14.2. The van der Waals surface area contributed by atoms with Gasteiger partial charge in [0.1, 0.15) is 0 Å². The molecular weight excluding hydrogens is 324 g/mol. The van der Waals surface area contributed by atoms with Crippen molar-refractivity contribution in [1.82, 2.24) is 25.7 Å². The molecule has 0 bridgehead atoms. The van der Waals surface area contributed by atoms with E-state index in [2.05, 4.69) is 48.2 Å². The van der Waals surface area contributed by atoms with Crippen molar-refractivity contribution in [3.63, 3.8) is 0 Å². The van der Waals surface area contributed by atoms with Crippen LogP contribution in [0.5, 0.6) is 0 Å². The monoisotopic (exact) mass is 348 g/mol. The fraction of sp³-hybridized carbons (Fsp3) is 0.562. The third-order valence-corrected chi connectivity index (χ3v) is 5.09. The molecule has 1 fully saturated rings. The van der Waals surface area contributed by atoms with Gasteiger partial charge in [-0.05, 0) is 44.3 Å². The highest BCUT2D eigenvalue weighted by molar-refractivity contribution is 7.10. The van der Waals surface area contributed by atoms with E-state index in [0.29, 0.717) is 24.3 Å². The Morgan fingerprint density at radius 3 is 2.88 bits per heavy atom. The van der Waals surface area contributed by atoms with E-state index in [1.807, 2.05) is 18.3 Å². The summed E-state index contributed by atoms with van der Waals surface area (Å²) in [5.74, 6) is 1.94. The van der Waals surface area contributed by atoms with Gasteiger partial charge in [0.05, 0.1) is 12.6 Å². The Hall–Kier alpha value is -1.93. The molecule has 8 heteroatoms. The number of aryl methyl sites for hydroxylation is 1. The van der Waals surface area contributed by atoms with Crippen LogP contribution in [0.1, 0.15) is 35.5 Å². The van der Waals surface area contributed by atoms with Gasteiger partial charge in [0.15, 0.2) is 11.8 Å². The maximum atomic E-state index is 5.11.